The maximum atomic E-state index is 13.1. The van der Waals surface area contributed by atoms with Crippen molar-refractivity contribution in [3.63, 3.8) is 0 Å². The van der Waals surface area contributed by atoms with Crippen LogP contribution in [0.1, 0.15) is 9.88 Å². The molecule has 1 heterocycles. The third-order valence-corrected chi connectivity index (χ3v) is 4.51. The van der Waals surface area contributed by atoms with Crippen molar-refractivity contribution in [2.24, 2.45) is 0 Å². The monoisotopic (exact) mass is 335 g/mol. The highest BCUT2D eigenvalue weighted by Crippen LogP contribution is 2.29. The Hall–Kier alpha value is -1.79. The molecule has 23 heavy (non-hydrogen) atoms. The molecule has 0 aliphatic heterocycles. The van der Waals surface area contributed by atoms with Crippen LogP contribution in [0.5, 0.6) is 0 Å². The molecule has 4 nitrogen and oxygen atoms in total. The average molecular weight is 335 g/mol. The van der Waals surface area contributed by atoms with E-state index in [4.69, 9.17) is 0 Å². The van der Waals surface area contributed by atoms with E-state index in [0.717, 1.165) is 27.7 Å². The molecule has 2 rings (SSSR count). The van der Waals surface area contributed by atoms with Gasteiger partial charge in [0.05, 0.1) is 17.1 Å². The highest BCUT2D eigenvalue weighted by atomic mass is 32.1. The van der Waals surface area contributed by atoms with Crippen LogP contribution in [0.4, 0.5) is 4.39 Å². The summed E-state index contributed by atoms with van der Waals surface area (Å²) in [6, 6.07) is 6.23. The number of thiazole rings is 1. The quantitative estimate of drug-likeness (QED) is 0.814. The highest BCUT2D eigenvalue weighted by Gasteiger charge is 2.17. The van der Waals surface area contributed by atoms with Crippen LogP contribution >= 0.6 is 11.3 Å². The minimum Gasteiger partial charge on any atom is -0.344 e. The average Bonchev–Trinajstić information content (AvgIpc) is 2.86. The molecule has 1 aromatic carbocycles. The number of hydrogen-bond donors (Lipinski definition) is 0. The summed E-state index contributed by atoms with van der Waals surface area (Å²) in [5.41, 5.74) is 1.62. The topological polar surface area (TPSA) is 36.4 Å². The lowest BCUT2D eigenvalue weighted by molar-refractivity contribution is -0.129. The molecule has 0 spiro atoms. The summed E-state index contributed by atoms with van der Waals surface area (Å²) in [6.45, 7) is 3.44. The predicted molar refractivity (Wildman–Crippen MR) is 92.1 cm³/mol. The minimum absolute atomic E-state index is 0.0684. The number of rotatable bonds is 6. The number of likely N-dealkylation sites (N-methyl/N-ethyl adjacent to an activating group) is 2. The van der Waals surface area contributed by atoms with Crippen LogP contribution in [0.2, 0.25) is 0 Å². The van der Waals surface area contributed by atoms with E-state index in [1.807, 2.05) is 33.0 Å². The summed E-state index contributed by atoms with van der Waals surface area (Å²) in [4.78, 5) is 21.6. The van der Waals surface area contributed by atoms with Gasteiger partial charge < -0.3 is 9.80 Å². The number of amides is 1. The second kappa shape index (κ2) is 7.66. The SMILES string of the molecule is Cc1nc(-c2ccc(F)cc2)c(CC(=O)N(C)CCN(C)C)s1. The number of nitrogens with zero attached hydrogens (tertiary/aromatic N) is 3. The molecule has 0 aliphatic rings. The first-order chi connectivity index (χ1) is 10.9. The fourth-order valence-corrected chi connectivity index (χ4v) is 3.12. The Labute approximate surface area is 140 Å². The molecule has 1 amide bonds. The van der Waals surface area contributed by atoms with Gasteiger partial charge in [-0.05, 0) is 45.3 Å². The summed E-state index contributed by atoms with van der Waals surface area (Å²) < 4.78 is 13.1. The van der Waals surface area contributed by atoms with E-state index in [1.54, 1.807) is 17.0 Å². The van der Waals surface area contributed by atoms with Gasteiger partial charge in [-0.3, -0.25) is 4.79 Å². The van der Waals surface area contributed by atoms with E-state index < -0.39 is 0 Å². The van der Waals surface area contributed by atoms with Gasteiger partial charge in [0, 0.05) is 30.6 Å². The molecule has 124 valence electrons. The Bertz CT molecular complexity index is 667. The lowest BCUT2D eigenvalue weighted by Crippen LogP contribution is -2.34. The molecule has 0 unspecified atom stereocenters. The number of halogens is 1. The third-order valence-electron chi connectivity index (χ3n) is 3.54. The van der Waals surface area contributed by atoms with E-state index in [9.17, 15) is 9.18 Å². The smallest absolute Gasteiger partial charge is 0.227 e. The summed E-state index contributed by atoms with van der Waals surface area (Å²) in [5.74, 6) is -0.208. The Kier molecular flexibility index (Phi) is 5.85. The molecular formula is C17H22FN3OS. The second-order valence-corrected chi connectivity index (χ2v) is 7.09. The maximum absolute atomic E-state index is 13.1. The van der Waals surface area contributed by atoms with E-state index in [0.29, 0.717) is 13.0 Å². The molecule has 0 N–H and O–H groups in total. The Morgan fingerprint density at radius 3 is 2.43 bits per heavy atom. The lowest BCUT2D eigenvalue weighted by Gasteiger charge is -2.19. The van der Waals surface area contributed by atoms with Gasteiger partial charge in [0.2, 0.25) is 5.91 Å². The van der Waals surface area contributed by atoms with Crippen LogP contribution in [-0.4, -0.2) is 54.9 Å². The Morgan fingerprint density at radius 1 is 1.17 bits per heavy atom. The fourth-order valence-electron chi connectivity index (χ4n) is 2.17. The van der Waals surface area contributed by atoms with Gasteiger partial charge >= 0.3 is 0 Å². The van der Waals surface area contributed by atoms with E-state index in [1.165, 1.54) is 23.5 Å². The van der Waals surface area contributed by atoms with Crippen molar-refractivity contribution in [1.29, 1.82) is 0 Å². The fraction of sp³-hybridized carbons (Fsp3) is 0.412. The molecule has 0 radical (unpaired) electrons. The van der Waals surface area contributed by atoms with Crippen molar-refractivity contribution in [3.8, 4) is 11.3 Å². The molecule has 0 atom stereocenters. The van der Waals surface area contributed by atoms with Gasteiger partial charge in [0.25, 0.3) is 0 Å². The van der Waals surface area contributed by atoms with Crippen LogP contribution in [-0.2, 0) is 11.2 Å². The van der Waals surface area contributed by atoms with Gasteiger partial charge in [0.1, 0.15) is 5.82 Å². The van der Waals surface area contributed by atoms with Crippen LogP contribution in [0.3, 0.4) is 0 Å². The van der Waals surface area contributed by atoms with E-state index in [2.05, 4.69) is 4.98 Å². The van der Waals surface area contributed by atoms with Gasteiger partial charge in [-0.2, -0.15) is 0 Å². The maximum Gasteiger partial charge on any atom is 0.227 e. The zero-order valence-electron chi connectivity index (χ0n) is 14.0. The molecular weight excluding hydrogens is 313 g/mol. The minimum atomic E-state index is -0.276. The lowest BCUT2D eigenvalue weighted by atomic mass is 10.1. The van der Waals surface area contributed by atoms with Gasteiger partial charge in [0.15, 0.2) is 0 Å². The summed E-state index contributed by atoms with van der Waals surface area (Å²) >= 11 is 1.52. The molecule has 6 heteroatoms. The predicted octanol–water partition coefficient (Wildman–Crippen LogP) is 2.82. The molecule has 0 bridgehead atoms. The first-order valence-electron chi connectivity index (χ1n) is 7.47. The number of benzene rings is 1. The molecule has 1 aromatic heterocycles. The molecule has 2 aromatic rings. The number of aromatic nitrogens is 1. The Balaban J connectivity index is 2.14. The normalized spacial score (nSPS) is 11.0. The van der Waals surface area contributed by atoms with Crippen molar-refractivity contribution >= 4 is 17.2 Å². The van der Waals surface area contributed by atoms with Gasteiger partial charge in [-0.25, -0.2) is 9.37 Å². The van der Waals surface area contributed by atoms with Gasteiger partial charge in [-0.15, -0.1) is 11.3 Å². The van der Waals surface area contributed by atoms with Crippen LogP contribution < -0.4 is 0 Å². The zero-order chi connectivity index (χ0) is 17.0. The first kappa shape index (κ1) is 17.6. The Morgan fingerprint density at radius 2 is 1.83 bits per heavy atom. The number of carbonyl (C=O) groups is 1. The van der Waals surface area contributed by atoms with Crippen molar-refractivity contribution in [1.82, 2.24) is 14.8 Å². The second-order valence-electron chi connectivity index (χ2n) is 5.81. The number of aryl methyl sites for hydroxylation is 1. The standard InChI is InChI=1S/C17H22FN3OS/c1-12-19-17(13-5-7-14(18)8-6-13)15(23-12)11-16(22)21(4)10-9-20(2)3/h5-8H,9-11H2,1-4H3. The molecule has 0 saturated heterocycles. The van der Waals surface area contributed by atoms with Crippen LogP contribution in [0, 0.1) is 12.7 Å². The molecule has 0 fully saturated rings. The van der Waals surface area contributed by atoms with Crippen molar-refractivity contribution in [2.75, 3.05) is 34.2 Å². The van der Waals surface area contributed by atoms with Gasteiger partial charge in [-0.1, -0.05) is 0 Å². The number of carbonyl (C=O) groups excluding carboxylic acids is 1. The van der Waals surface area contributed by atoms with Crippen molar-refractivity contribution < 1.29 is 9.18 Å². The molecule has 0 aliphatic carbocycles. The summed E-state index contributed by atoms with van der Waals surface area (Å²) in [7, 11) is 5.78. The van der Waals surface area contributed by atoms with Crippen LogP contribution in [0.25, 0.3) is 11.3 Å². The van der Waals surface area contributed by atoms with Crippen molar-refractivity contribution in [2.45, 2.75) is 13.3 Å². The summed E-state index contributed by atoms with van der Waals surface area (Å²) in [6.07, 6.45) is 0.322. The largest absolute Gasteiger partial charge is 0.344 e. The highest BCUT2D eigenvalue weighted by molar-refractivity contribution is 7.12. The number of hydrogen-bond acceptors (Lipinski definition) is 4. The first-order valence-corrected chi connectivity index (χ1v) is 8.29. The molecule has 0 saturated carbocycles. The van der Waals surface area contributed by atoms with E-state index in [-0.39, 0.29) is 11.7 Å². The third kappa shape index (κ3) is 4.84. The van der Waals surface area contributed by atoms with Crippen molar-refractivity contribution in [3.05, 3.63) is 40.0 Å². The van der Waals surface area contributed by atoms with Crippen LogP contribution in [0.15, 0.2) is 24.3 Å². The summed E-state index contributed by atoms with van der Waals surface area (Å²) in [5, 5.41) is 0.906. The zero-order valence-corrected chi connectivity index (χ0v) is 14.8. The van der Waals surface area contributed by atoms with E-state index >= 15 is 0 Å².